The molecule has 13 heavy (non-hydrogen) atoms. The summed E-state index contributed by atoms with van der Waals surface area (Å²) in [5.74, 6) is 0. The van der Waals surface area contributed by atoms with E-state index in [1.165, 1.54) is 6.08 Å². The van der Waals surface area contributed by atoms with E-state index in [4.69, 9.17) is 16.7 Å². The average molecular weight is 218 g/mol. The van der Waals surface area contributed by atoms with Gasteiger partial charge in [-0.15, -0.1) is 0 Å². The fourth-order valence-electron chi connectivity index (χ4n) is 0.778. The number of benzene rings is 1. The minimum Gasteiger partial charge on any atom is -0.225 e. The zero-order valence-electron chi connectivity index (χ0n) is 6.64. The Labute approximate surface area is 81.9 Å². The highest BCUT2D eigenvalue weighted by atomic mass is 35.5. The van der Waals surface area contributed by atoms with Crippen molar-refractivity contribution in [2.75, 3.05) is 0 Å². The summed E-state index contributed by atoms with van der Waals surface area (Å²) in [6, 6.07) is 6.89. The number of hydrogen-bond acceptors (Lipinski definition) is 2. The quantitative estimate of drug-likeness (QED) is 0.818. The average Bonchev–Trinajstić information content (AvgIpc) is 2.01. The molecule has 3 nitrogen and oxygen atoms in total. The molecule has 5 heteroatoms. The fraction of sp³-hybridized carbons (Fsp3) is 0. The molecule has 0 fully saturated rings. The predicted molar refractivity (Wildman–Crippen MR) is 53.6 cm³/mol. The van der Waals surface area contributed by atoms with Crippen LogP contribution in [0.4, 0.5) is 0 Å². The second-order valence-corrected chi connectivity index (χ2v) is 4.27. The second kappa shape index (κ2) is 3.91. The summed E-state index contributed by atoms with van der Waals surface area (Å²) >= 11 is 5.77. The molecule has 0 heterocycles. The molecule has 70 valence electrons. The van der Waals surface area contributed by atoms with Crippen molar-refractivity contribution in [1.29, 1.82) is 0 Å². The molecule has 0 spiro atoms. The molecule has 1 aromatic carbocycles. The first-order valence-corrected chi connectivity index (χ1v) is 5.43. The van der Waals surface area contributed by atoms with Gasteiger partial charge in [-0.1, -0.05) is 29.8 Å². The van der Waals surface area contributed by atoms with Crippen LogP contribution >= 0.6 is 11.6 Å². The van der Waals surface area contributed by atoms with Crippen molar-refractivity contribution in [2.24, 2.45) is 5.14 Å². The Morgan fingerprint density at radius 1 is 1.31 bits per heavy atom. The third-order valence-corrected chi connectivity index (χ3v) is 2.20. The molecule has 0 aliphatic rings. The van der Waals surface area contributed by atoms with Crippen molar-refractivity contribution in [1.82, 2.24) is 0 Å². The smallest absolute Gasteiger partial charge is 0.225 e. The van der Waals surface area contributed by atoms with Gasteiger partial charge in [0.05, 0.1) is 0 Å². The summed E-state index contributed by atoms with van der Waals surface area (Å²) in [4.78, 5) is 0. The van der Waals surface area contributed by atoms with Gasteiger partial charge in [0.1, 0.15) is 0 Å². The zero-order chi connectivity index (χ0) is 9.90. The molecule has 0 atom stereocenters. The predicted octanol–water partition coefficient (Wildman–Crippen LogP) is 1.60. The first-order chi connectivity index (χ1) is 5.99. The van der Waals surface area contributed by atoms with E-state index in [0.717, 1.165) is 5.41 Å². The Hall–Kier alpha value is -0.840. The maximum Gasteiger partial charge on any atom is 0.231 e. The molecule has 0 unspecified atom stereocenters. The first kappa shape index (κ1) is 10.2. The normalized spacial score (nSPS) is 12.2. The Morgan fingerprint density at radius 3 is 2.46 bits per heavy atom. The minimum absolute atomic E-state index is 0.488. The van der Waals surface area contributed by atoms with Crippen LogP contribution in [0.5, 0.6) is 0 Å². The molecular formula is C8H8ClNO2S. The van der Waals surface area contributed by atoms with E-state index in [2.05, 4.69) is 0 Å². The maximum absolute atomic E-state index is 10.6. The molecule has 0 saturated heterocycles. The molecule has 0 bridgehead atoms. The fourth-order valence-corrected chi connectivity index (χ4v) is 1.31. The Morgan fingerprint density at radius 2 is 1.92 bits per heavy atom. The van der Waals surface area contributed by atoms with E-state index >= 15 is 0 Å². The van der Waals surface area contributed by atoms with Gasteiger partial charge in [-0.2, -0.15) is 0 Å². The monoisotopic (exact) mass is 217 g/mol. The number of sulfonamides is 1. The van der Waals surface area contributed by atoms with Crippen LogP contribution in [0, 0.1) is 0 Å². The lowest BCUT2D eigenvalue weighted by atomic mass is 10.2. The summed E-state index contributed by atoms with van der Waals surface area (Å²) in [5.41, 5.74) is 0.623. The summed E-state index contributed by atoms with van der Waals surface area (Å²) < 4.78 is 21.1. The van der Waals surface area contributed by atoms with Crippen LogP contribution in [0.3, 0.4) is 0 Å². The zero-order valence-corrected chi connectivity index (χ0v) is 8.22. The molecule has 2 N–H and O–H groups in total. The van der Waals surface area contributed by atoms with Crippen molar-refractivity contribution in [3.8, 4) is 0 Å². The SMILES string of the molecule is NS(=O)(=O)C=Cc1ccccc1Cl. The Kier molecular flexibility index (Phi) is 3.08. The van der Waals surface area contributed by atoms with E-state index in [0.29, 0.717) is 10.6 Å². The summed E-state index contributed by atoms with van der Waals surface area (Å²) in [7, 11) is -3.58. The molecule has 0 saturated carbocycles. The van der Waals surface area contributed by atoms with E-state index in [9.17, 15) is 8.42 Å². The molecule has 0 aliphatic carbocycles. The minimum atomic E-state index is -3.58. The number of primary sulfonamides is 1. The van der Waals surface area contributed by atoms with Gasteiger partial charge in [0.2, 0.25) is 10.0 Å². The number of rotatable bonds is 2. The Balaban J connectivity index is 3.00. The molecule has 0 aliphatic heterocycles. The summed E-state index contributed by atoms with van der Waals surface area (Å²) in [6.45, 7) is 0. The molecule has 0 aromatic heterocycles. The first-order valence-electron chi connectivity index (χ1n) is 3.44. The van der Waals surface area contributed by atoms with Crippen LogP contribution in [0.25, 0.3) is 6.08 Å². The van der Waals surface area contributed by atoms with Crippen molar-refractivity contribution < 1.29 is 8.42 Å². The number of hydrogen-bond donors (Lipinski definition) is 1. The molecule has 1 rings (SSSR count). The van der Waals surface area contributed by atoms with Crippen LogP contribution in [0.15, 0.2) is 29.7 Å². The number of halogens is 1. The largest absolute Gasteiger partial charge is 0.231 e. The van der Waals surface area contributed by atoms with E-state index < -0.39 is 10.0 Å². The summed E-state index contributed by atoms with van der Waals surface area (Å²) in [6.07, 6.45) is 1.36. The highest BCUT2D eigenvalue weighted by Crippen LogP contribution is 2.16. The van der Waals surface area contributed by atoms with Gasteiger partial charge in [-0.3, -0.25) is 0 Å². The van der Waals surface area contributed by atoms with Crippen LogP contribution in [0.1, 0.15) is 5.56 Å². The topological polar surface area (TPSA) is 60.2 Å². The van der Waals surface area contributed by atoms with E-state index in [-0.39, 0.29) is 0 Å². The van der Waals surface area contributed by atoms with Crippen molar-refractivity contribution in [3.05, 3.63) is 40.3 Å². The van der Waals surface area contributed by atoms with Gasteiger partial charge in [0.25, 0.3) is 0 Å². The third kappa shape index (κ3) is 3.59. The lowest BCUT2D eigenvalue weighted by Gasteiger charge is -1.95. The second-order valence-electron chi connectivity index (χ2n) is 2.41. The van der Waals surface area contributed by atoms with Crippen molar-refractivity contribution in [3.63, 3.8) is 0 Å². The van der Waals surface area contributed by atoms with Crippen LogP contribution < -0.4 is 5.14 Å². The molecule has 0 radical (unpaired) electrons. The van der Waals surface area contributed by atoms with Crippen LogP contribution in [-0.4, -0.2) is 8.42 Å². The molecule has 0 amide bonds. The van der Waals surface area contributed by atoms with Gasteiger partial charge in [0.15, 0.2) is 0 Å². The van der Waals surface area contributed by atoms with Crippen molar-refractivity contribution in [2.45, 2.75) is 0 Å². The Bertz CT molecular complexity index is 426. The van der Waals surface area contributed by atoms with Gasteiger partial charge in [-0.25, -0.2) is 13.6 Å². The van der Waals surface area contributed by atoms with Crippen molar-refractivity contribution >= 4 is 27.7 Å². The van der Waals surface area contributed by atoms with E-state index in [1.807, 2.05) is 0 Å². The lowest BCUT2D eigenvalue weighted by molar-refractivity contribution is 0.606. The van der Waals surface area contributed by atoms with Crippen LogP contribution in [0.2, 0.25) is 5.02 Å². The third-order valence-electron chi connectivity index (χ3n) is 1.34. The van der Waals surface area contributed by atoms with Crippen LogP contribution in [-0.2, 0) is 10.0 Å². The van der Waals surface area contributed by atoms with Gasteiger partial charge < -0.3 is 0 Å². The maximum atomic E-state index is 10.6. The highest BCUT2D eigenvalue weighted by Gasteiger charge is 1.96. The van der Waals surface area contributed by atoms with Gasteiger partial charge in [0, 0.05) is 10.4 Å². The molecular weight excluding hydrogens is 210 g/mol. The van der Waals surface area contributed by atoms with Gasteiger partial charge >= 0.3 is 0 Å². The summed E-state index contributed by atoms with van der Waals surface area (Å²) in [5, 5.41) is 6.17. The standard InChI is InChI=1S/C8H8ClNO2S/c9-8-4-2-1-3-7(8)5-6-13(10,11)12/h1-6H,(H2,10,11,12). The van der Waals surface area contributed by atoms with Gasteiger partial charge in [-0.05, 0) is 17.7 Å². The highest BCUT2D eigenvalue weighted by molar-refractivity contribution is 7.92. The van der Waals surface area contributed by atoms with E-state index in [1.54, 1.807) is 24.3 Å². The lowest BCUT2D eigenvalue weighted by Crippen LogP contribution is -2.06. The number of nitrogens with two attached hydrogens (primary N) is 1. The molecule has 1 aromatic rings.